The SMILES string of the molecule is NC1c2ccccc2CN(C=Cc2ccccc2)C1C=O. The van der Waals surface area contributed by atoms with E-state index in [1.807, 2.05) is 65.7 Å². The lowest BCUT2D eigenvalue weighted by atomic mass is 9.90. The Labute approximate surface area is 124 Å². The zero-order chi connectivity index (χ0) is 14.7. The van der Waals surface area contributed by atoms with E-state index in [2.05, 4.69) is 6.07 Å². The molecule has 0 saturated carbocycles. The summed E-state index contributed by atoms with van der Waals surface area (Å²) in [6, 6.07) is 17.5. The molecule has 0 bridgehead atoms. The second-order valence-electron chi connectivity index (χ2n) is 5.25. The van der Waals surface area contributed by atoms with Gasteiger partial charge in [0.15, 0.2) is 0 Å². The van der Waals surface area contributed by atoms with Gasteiger partial charge >= 0.3 is 0 Å². The minimum Gasteiger partial charge on any atom is -0.362 e. The van der Waals surface area contributed by atoms with Crippen LogP contribution in [0.1, 0.15) is 22.7 Å². The number of aldehydes is 1. The molecule has 2 unspecified atom stereocenters. The summed E-state index contributed by atoms with van der Waals surface area (Å²) in [4.78, 5) is 13.5. The molecule has 0 fully saturated rings. The van der Waals surface area contributed by atoms with Crippen molar-refractivity contribution in [2.45, 2.75) is 18.6 Å². The average molecular weight is 278 g/mol. The molecule has 1 heterocycles. The number of nitrogens with two attached hydrogens (primary N) is 1. The highest BCUT2D eigenvalue weighted by Crippen LogP contribution is 2.29. The van der Waals surface area contributed by atoms with Crippen molar-refractivity contribution in [2.24, 2.45) is 5.73 Å². The Balaban J connectivity index is 1.88. The van der Waals surface area contributed by atoms with Gasteiger partial charge in [-0.25, -0.2) is 0 Å². The smallest absolute Gasteiger partial charge is 0.144 e. The molecule has 1 aliphatic heterocycles. The lowest BCUT2D eigenvalue weighted by molar-refractivity contribution is -0.112. The van der Waals surface area contributed by atoms with E-state index in [0.29, 0.717) is 6.54 Å². The van der Waals surface area contributed by atoms with E-state index in [1.165, 1.54) is 5.56 Å². The summed E-state index contributed by atoms with van der Waals surface area (Å²) >= 11 is 0. The molecule has 3 heteroatoms. The Kier molecular flexibility index (Phi) is 3.84. The second-order valence-corrected chi connectivity index (χ2v) is 5.25. The minimum absolute atomic E-state index is 0.284. The van der Waals surface area contributed by atoms with E-state index in [9.17, 15) is 4.79 Å². The monoisotopic (exact) mass is 278 g/mol. The number of carbonyl (C=O) groups excluding carboxylic acids is 1. The highest BCUT2D eigenvalue weighted by Gasteiger charge is 2.30. The molecule has 0 aromatic heterocycles. The molecule has 3 rings (SSSR count). The molecule has 2 aromatic rings. The standard InChI is InChI=1S/C18H18N2O/c19-18-16-9-5-4-8-15(16)12-20(17(18)13-21)11-10-14-6-2-1-3-7-14/h1-11,13,17-18H,12,19H2. The van der Waals surface area contributed by atoms with Crippen LogP contribution >= 0.6 is 0 Å². The summed E-state index contributed by atoms with van der Waals surface area (Å²) < 4.78 is 0. The van der Waals surface area contributed by atoms with Gasteiger partial charge in [0.05, 0.1) is 6.04 Å². The summed E-state index contributed by atoms with van der Waals surface area (Å²) in [5.41, 5.74) is 9.61. The predicted molar refractivity (Wildman–Crippen MR) is 84.2 cm³/mol. The van der Waals surface area contributed by atoms with Gasteiger partial charge in [-0.1, -0.05) is 54.6 Å². The molecule has 2 atom stereocenters. The first-order chi connectivity index (χ1) is 10.3. The van der Waals surface area contributed by atoms with Crippen molar-refractivity contribution in [3.05, 3.63) is 77.5 Å². The van der Waals surface area contributed by atoms with Gasteiger partial charge < -0.3 is 15.4 Å². The van der Waals surface area contributed by atoms with Crippen LogP contribution in [-0.2, 0) is 11.3 Å². The van der Waals surface area contributed by atoms with Crippen LogP contribution in [0, 0.1) is 0 Å². The van der Waals surface area contributed by atoms with Crippen LogP contribution in [0.2, 0.25) is 0 Å². The van der Waals surface area contributed by atoms with Crippen molar-refractivity contribution in [3.8, 4) is 0 Å². The number of fused-ring (bicyclic) bond motifs is 1. The lowest BCUT2D eigenvalue weighted by Crippen LogP contribution is -2.44. The maximum absolute atomic E-state index is 11.4. The van der Waals surface area contributed by atoms with Gasteiger partial charge in [0, 0.05) is 12.7 Å². The Hall–Kier alpha value is -2.39. The van der Waals surface area contributed by atoms with E-state index in [1.54, 1.807) is 0 Å². The highest BCUT2D eigenvalue weighted by molar-refractivity contribution is 5.62. The van der Waals surface area contributed by atoms with Crippen LogP contribution in [0.3, 0.4) is 0 Å². The topological polar surface area (TPSA) is 46.3 Å². The minimum atomic E-state index is -0.320. The van der Waals surface area contributed by atoms with Gasteiger partial charge in [-0.2, -0.15) is 0 Å². The van der Waals surface area contributed by atoms with Crippen LogP contribution in [0.15, 0.2) is 60.8 Å². The van der Waals surface area contributed by atoms with Crippen LogP contribution in [0.4, 0.5) is 0 Å². The first kappa shape index (κ1) is 13.6. The van der Waals surface area contributed by atoms with Gasteiger partial charge in [0.25, 0.3) is 0 Å². The molecule has 0 aliphatic carbocycles. The summed E-state index contributed by atoms with van der Waals surface area (Å²) in [6.07, 6.45) is 4.91. The van der Waals surface area contributed by atoms with E-state index < -0.39 is 0 Å². The second kappa shape index (κ2) is 5.94. The third kappa shape index (κ3) is 2.73. The molecule has 106 valence electrons. The molecular weight excluding hydrogens is 260 g/mol. The van der Waals surface area contributed by atoms with Crippen molar-refractivity contribution >= 4 is 12.4 Å². The molecule has 0 saturated heterocycles. The van der Waals surface area contributed by atoms with Crippen LogP contribution < -0.4 is 5.73 Å². The maximum Gasteiger partial charge on any atom is 0.144 e. The van der Waals surface area contributed by atoms with E-state index in [4.69, 9.17) is 5.73 Å². The Morgan fingerprint density at radius 3 is 2.52 bits per heavy atom. The normalized spacial score (nSPS) is 21.3. The third-order valence-electron chi connectivity index (χ3n) is 3.92. The van der Waals surface area contributed by atoms with Crippen LogP contribution in [-0.4, -0.2) is 17.2 Å². The summed E-state index contributed by atoms with van der Waals surface area (Å²) in [7, 11) is 0. The van der Waals surface area contributed by atoms with Gasteiger partial charge in [-0.15, -0.1) is 0 Å². The van der Waals surface area contributed by atoms with Gasteiger partial charge in [-0.3, -0.25) is 0 Å². The largest absolute Gasteiger partial charge is 0.362 e. The van der Waals surface area contributed by atoms with Crippen LogP contribution in [0.25, 0.3) is 6.08 Å². The molecule has 0 radical (unpaired) electrons. The first-order valence-electron chi connectivity index (χ1n) is 7.07. The van der Waals surface area contributed by atoms with Crippen molar-refractivity contribution in [1.82, 2.24) is 4.90 Å². The first-order valence-corrected chi connectivity index (χ1v) is 7.07. The quantitative estimate of drug-likeness (QED) is 0.878. The Morgan fingerprint density at radius 2 is 1.76 bits per heavy atom. The summed E-state index contributed by atoms with van der Waals surface area (Å²) in [6.45, 7) is 0.705. The fraction of sp³-hybridized carbons (Fsp3) is 0.167. The molecule has 1 aliphatic rings. The number of carbonyl (C=O) groups is 1. The van der Waals surface area contributed by atoms with Crippen LogP contribution in [0.5, 0.6) is 0 Å². The van der Waals surface area contributed by atoms with Crippen molar-refractivity contribution in [3.63, 3.8) is 0 Å². The molecule has 2 N–H and O–H groups in total. The number of rotatable bonds is 3. The number of nitrogens with zero attached hydrogens (tertiary/aromatic N) is 1. The molecule has 3 nitrogen and oxygen atoms in total. The number of hydrogen-bond acceptors (Lipinski definition) is 3. The van der Waals surface area contributed by atoms with E-state index in [0.717, 1.165) is 17.4 Å². The number of benzene rings is 2. The molecule has 21 heavy (non-hydrogen) atoms. The van der Waals surface area contributed by atoms with Crippen molar-refractivity contribution in [1.29, 1.82) is 0 Å². The lowest BCUT2D eigenvalue weighted by Gasteiger charge is -2.37. The zero-order valence-corrected chi connectivity index (χ0v) is 11.7. The van der Waals surface area contributed by atoms with Gasteiger partial charge in [0.2, 0.25) is 0 Å². The van der Waals surface area contributed by atoms with Gasteiger partial charge in [-0.05, 0) is 22.8 Å². The van der Waals surface area contributed by atoms with Crippen molar-refractivity contribution in [2.75, 3.05) is 0 Å². The van der Waals surface area contributed by atoms with E-state index >= 15 is 0 Å². The average Bonchev–Trinajstić information content (AvgIpc) is 2.54. The molecule has 0 spiro atoms. The highest BCUT2D eigenvalue weighted by atomic mass is 16.1. The Morgan fingerprint density at radius 1 is 1.05 bits per heavy atom. The maximum atomic E-state index is 11.4. The zero-order valence-electron chi connectivity index (χ0n) is 11.7. The summed E-state index contributed by atoms with van der Waals surface area (Å²) in [5.74, 6) is 0. The molecule has 0 amide bonds. The fourth-order valence-corrected chi connectivity index (χ4v) is 2.76. The van der Waals surface area contributed by atoms with Crippen molar-refractivity contribution < 1.29 is 4.79 Å². The molecule has 2 aromatic carbocycles. The van der Waals surface area contributed by atoms with E-state index in [-0.39, 0.29) is 12.1 Å². The molecular formula is C18H18N2O. The predicted octanol–water partition coefficient (Wildman–Crippen LogP) is 2.74. The summed E-state index contributed by atoms with van der Waals surface area (Å²) in [5, 5.41) is 0. The van der Waals surface area contributed by atoms with Gasteiger partial charge in [0.1, 0.15) is 12.3 Å². The fourth-order valence-electron chi connectivity index (χ4n) is 2.76. The number of hydrogen-bond donors (Lipinski definition) is 1. The Bertz CT molecular complexity index is 651. The third-order valence-corrected chi connectivity index (χ3v) is 3.92.